The van der Waals surface area contributed by atoms with Crippen LogP contribution >= 0.6 is 0 Å². The van der Waals surface area contributed by atoms with Crippen molar-refractivity contribution in [2.75, 3.05) is 5.73 Å². The van der Waals surface area contributed by atoms with Crippen LogP contribution < -0.4 is 5.73 Å². The lowest BCUT2D eigenvalue weighted by molar-refractivity contribution is 0.392. The smallest absolute Gasteiger partial charge is 0.182 e. The molecular weight excluding hydrogens is 238 g/mol. The van der Waals surface area contributed by atoms with Crippen LogP contribution in [0.2, 0.25) is 0 Å². The molecule has 5 nitrogen and oxygen atoms in total. The Kier molecular flexibility index (Phi) is 4.14. The van der Waals surface area contributed by atoms with E-state index in [1.165, 1.54) is 0 Å². The molecule has 1 aromatic carbocycles. The molecule has 0 saturated carbocycles. The van der Waals surface area contributed by atoms with Crippen LogP contribution in [0.25, 0.3) is 11.4 Å². The van der Waals surface area contributed by atoms with Crippen molar-refractivity contribution >= 4 is 5.69 Å². The number of nitrogens with two attached hydrogens (primary N) is 1. The van der Waals surface area contributed by atoms with Crippen molar-refractivity contribution in [2.24, 2.45) is 5.92 Å². The molecule has 2 N–H and O–H groups in total. The zero-order chi connectivity index (χ0) is 13.8. The molecule has 2 aromatic rings. The summed E-state index contributed by atoms with van der Waals surface area (Å²) in [5.41, 5.74) is 8.77. The van der Waals surface area contributed by atoms with Gasteiger partial charge in [-0.25, -0.2) is 4.68 Å². The number of anilines is 1. The maximum Gasteiger partial charge on any atom is 0.182 e. The maximum absolute atomic E-state index is 5.95. The normalized spacial score (nSPS) is 11.2. The largest absolute Gasteiger partial charge is 0.398 e. The molecule has 19 heavy (non-hydrogen) atoms. The number of hydrogen-bond donors (Lipinski definition) is 1. The van der Waals surface area contributed by atoms with Crippen molar-refractivity contribution in [2.45, 2.75) is 40.2 Å². The first-order valence-corrected chi connectivity index (χ1v) is 6.78. The van der Waals surface area contributed by atoms with Gasteiger partial charge in [0.1, 0.15) is 0 Å². The summed E-state index contributed by atoms with van der Waals surface area (Å²) >= 11 is 0. The number of aryl methyl sites for hydroxylation is 1. The lowest BCUT2D eigenvalue weighted by atomic mass is 10.0. The molecule has 2 rings (SSSR count). The zero-order valence-electron chi connectivity index (χ0n) is 11.8. The van der Waals surface area contributed by atoms with Gasteiger partial charge in [-0.15, -0.1) is 5.10 Å². The molecule has 0 amide bonds. The molecule has 102 valence electrons. The van der Waals surface area contributed by atoms with Crippen molar-refractivity contribution in [3.05, 3.63) is 23.8 Å². The number of rotatable bonds is 5. The summed E-state index contributed by atoms with van der Waals surface area (Å²) in [6.07, 6.45) is 2.26. The topological polar surface area (TPSA) is 69.6 Å². The van der Waals surface area contributed by atoms with Gasteiger partial charge in [0.15, 0.2) is 5.82 Å². The molecule has 0 aliphatic carbocycles. The Hall–Kier alpha value is -1.91. The highest BCUT2D eigenvalue weighted by molar-refractivity contribution is 5.63. The summed E-state index contributed by atoms with van der Waals surface area (Å²) in [6.45, 7) is 7.24. The van der Waals surface area contributed by atoms with Gasteiger partial charge in [0, 0.05) is 17.8 Å². The highest BCUT2D eigenvalue weighted by atomic mass is 15.5. The maximum atomic E-state index is 5.95. The zero-order valence-corrected chi connectivity index (χ0v) is 11.8. The van der Waals surface area contributed by atoms with E-state index in [1.54, 1.807) is 0 Å². The Morgan fingerprint density at radius 3 is 2.63 bits per heavy atom. The first kappa shape index (κ1) is 13.5. The van der Waals surface area contributed by atoms with E-state index in [9.17, 15) is 0 Å². The summed E-state index contributed by atoms with van der Waals surface area (Å²) < 4.78 is 1.88. The molecule has 0 fully saturated rings. The van der Waals surface area contributed by atoms with Crippen LogP contribution in [-0.4, -0.2) is 20.2 Å². The second-order valence-electron chi connectivity index (χ2n) is 4.94. The summed E-state index contributed by atoms with van der Waals surface area (Å²) in [4.78, 5) is 0. The predicted octanol–water partition coefficient (Wildman–Crippen LogP) is 2.67. The second-order valence-corrected chi connectivity index (χ2v) is 4.94. The average molecular weight is 259 g/mol. The van der Waals surface area contributed by atoms with E-state index < -0.39 is 0 Å². The van der Waals surface area contributed by atoms with Gasteiger partial charge in [0.2, 0.25) is 0 Å². The molecule has 5 heteroatoms. The van der Waals surface area contributed by atoms with Gasteiger partial charge in [-0.05, 0) is 34.9 Å². The lowest BCUT2D eigenvalue weighted by Gasteiger charge is -2.13. The summed E-state index contributed by atoms with van der Waals surface area (Å²) in [5, 5.41) is 12.0. The molecule has 0 aliphatic rings. The quantitative estimate of drug-likeness (QED) is 0.838. The molecular formula is C14H21N5. The van der Waals surface area contributed by atoms with E-state index >= 15 is 0 Å². The number of tetrazole rings is 1. The van der Waals surface area contributed by atoms with E-state index in [2.05, 4.69) is 29.4 Å². The molecule has 1 aromatic heterocycles. The van der Waals surface area contributed by atoms with Gasteiger partial charge in [-0.3, -0.25) is 0 Å². The van der Waals surface area contributed by atoms with Gasteiger partial charge < -0.3 is 5.73 Å². The highest BCUT2D eigenvalue weighted by Crippen LogP contribution is 2.22. The summed E-state index contributed by atoms with van der Waals surface area (Å²) in [7, 11) is 0. The number of benzene rings is 1. The van der Waals surface area contributed by atoms with Crippen LogP contribution in [0.3, 0.4) is 0 Å². The Bertz CT molecular complexity index is 543. The molecule has 0 spiro atoms. The summed E-state index contributed by atoms with van der Waals surface area (Å²) in [6, 6.07) is 5.95. The van der Waals surface area contributed by atoms with Gasteiger partial charge in [-0.1, -0.05) is 38.8 Å². The van der Waals surface area contributed by atoms with Crippen LogP contribution in [0.15, 0.2) is 18.2 Å². The van der Waals surface area contributed by atoms with E-state index in [1.807, 2.05) is 29.8 Å². The van der Waals surface area contributed by atoms with Crippen molar-refractivity contribution in [1.82, 2.24) is 20.2 Å². The Morgan fingerprint density at radius 1 is 1.26 bits per heavy atom. The third-order valence-corrected chi connectivity index (χ3v) is 3.66. The lowest BCUT2D eigenvalue weighted by Crippen LogP contribution is -2.12. The van der Waals surface area contributed by atoms with E-state index in [0.717, 1.165) is 42.0 Å². The Balaban J connectivity index is 2.30. The molecule has 0 bridgehead atoms. The van der Waals surface area contributed by atoms with E-state index in [-0.39, 0.29) is 0 Å². The highest BCUT2D eigenvalue weighted by Gasteiger charge is 2.13. The Labute approximate surface area is 113 Å². The van der Waals surface area contributed by atoms with Gasteiger partial charge in [0.25, 0.3) is 0 Å². The standard InChI is InChI=1S/C14H21N5/c1-4-11(5-2)9-19-14(16-17-18-19)12-7-6-10(3)13(15)8-12/h6-8,11H,4-5,9,15H2,1-3H3. The number of nitrogen functional groups attached to an aromatic ring is 1. The van der Waals surface area contributed by atoms with Crippen molar-refractivity contribution in [3.8, 4) is 11.4 Å². The fourth-order valence-corrected chi connectivity index (χ4v) is 2.11. The first-order valence-electron chi connectivity index (χ1n) is 6.78. The average Bonchev–Trinajstić information content (AvgIpc) is 2.87. The van der Waals surface area contributed by atoms with Gasteiger partial charge in [-0.2, -0.15) is 0 Å². The van der Waals surface area contributed by atoms with Crippen molar-refractivity contribution in [1.29, 1.82) is 0 Å². The monoisotopic (exact) mass is 259 g/mol. The number of nitrogens with zero attached hydrogens (tertiary/aromatic N) is 4. The van der Waals surface area contributed by atoms with Crippen LogP contribution in [-0.2, 0) is 6.54 Å². The van der Waals surface area contributed by atoms with Crippen LogP contribution in [0, 0.1) is 12.8 Å². The number of hydrogen-bond acceptors (Lipinski definition) is 4. The number of aromatic nitrogens is 4. The van der Waals surface area contributed by atoms with Crippen molar-refractivity contribution < 1.29 is 0 Å². The molecule has 0 aliphatic heterocycles. The fraction of sp³-hybridized carbons (Fsp3) is 0.500. The minimum Gasteiger partial charge on any atom is -0.398 e. The van der Waals surface area contributed by atoms with Crippen LogP contribution in [0.1, 0.15) is 32.3 Å². The second kappa shape index (κ2) is 5.82. The van der Waals surface area contributed by atoms with E-state index in [0.29, 0.717) is 5.92 Å². The third-order valence-electron chi connectivity index (χ3n) is 3.66. The molecule has 0 unspecified atom stereocenters. The molecule has 0 atom stereocenters. The van der Waals surface area contributed by atoms with Crippen molar-refractivity contribution in [3.63, 3.8) is 0 Å². The SMILES string of the molecule is CCC(CC)Cn1nnnc1-c1ccc(C)c(N)c1. The van der Waals surface area contributed by atoms with E-state index in [4.69, 9.17) is 5.73 Å². The van der Waals surface area contributed by atoms with Crippen LogP contribution in [0.5, 0.6) is 0 Å². The third kappa shape index (κ3) is 2.92. The fourth-order valence-electron chi connectivity index (χ4n) is 2.11. The predicted molar refractivity (Wildman–Crippen MR) is 76.5 cm³/mol. The van der Waals surface area contributed by atoms with Gasteiger partial charge in [0.05, 0.1) is 0 Å². The molecule has 0 saturated heterocycles. The van der Waals surface area contributed by atoms with Gasteiger partial charge >= 0.3 is 0 Å². The molecule has 0 radical (unpaired) electrons. The first-order chi connectivity index (χ1) is 9.15. The Morgan fingerprint density at radius 2 is 2.00 bits per heavy atom. The van der Waals surface area contributed by atoms with Crippen LogP contribution in [0.4, 0.5) is 5.69 Å². The molecule has 1 heterocycles. The minimum atomic E-state index is 0.602. The minimum absolute atomic E-state index is 0.602. The summed E-state index contributed by atoms with van der Waals surface area (Å²) in [5.74, 6) is 1.39.